The molecule has 3 aromatic rings. The molecule has 1 unspecified atom stereocenters. The molecule has 0 aliphatic carbocycles. The van der Waals surface area contributed by atoms with Crippen molar-refractivity contribution in [2.24, 2.45) is 0 Å². The number of hydrogen-bond acceptors (Lipinski definition) is 1. The molecule has 3 heteroatoms. The van der Waals surface area contributed by atoms with Crippen molar-refractivity contribution in [3.05, 3.63) is 64.9 Å². The van der Waals surface area contributed by atoms with Gasteiger partial charge in [0.15, 0.2) is 4.77 Å². The molecule has 0 saturated carbocycles. The van der Waals surface area contributed by atoms with Gasteiger partial charge in [0.25, 0.3) is 0 Å². The maximum absolute atomic E-state index is 5.43. The molecule has 0 bridgehead atoms. The lowest BCUT2D eigenvalue weighted by Gasteiger charge is -2.13. The van der Waals surface area contributed by atoms with Crippen LogP contribution in [0.2, 0.25) is 0 Å². The first kappa shape index (κ1) is 12.2. The first-order chi connectivity index (χ1) is 9.25. The lowest BCUT2D eigenvalue weighted by molar-refractivity contribution is 0.605. The van der Waals surface area contributed by atoms with E-state index in [1.54, 1.807) is 0 Å². The molecule has 3 rings (SSSR count). The van der Waals surface area contributed by atoms with E-state index in [9.17, 15) is 0 Å². The van der Waals surface area contributed by atoms with Gasteiger partial charge in [-0.15, -0.1) is 0 Å². The fourth-order valence-electron chi connectivity index (χ4n) is 2.45. The third-order valence-corrected chi connectivity index (χ3v) is 3.83. The number of nitrogens with one attached hydrogen (secondary N) is 1. The van der Waals surface area contributed by atoms with E-state index in [2.05, 4.69) is 58.9 Å². The molecule has 0 spiro atoms. The zero-order chi connectivity index (χ0) is 13.2. The van der Waals surface area contributed by atoms with Gasteiger partial charge in [0.2, 0.25) is 0 Å². The summed E-state index contributed by atoms with van der Waals surface area (Å²) in [6, 6.07) is 18.8. The summed E-state index contributed by atoms with van der Waals surface area (Å²) in [6.45, 7) is 3.13. The van der Waals surface area contributed by atoms with Crippen LogP contribution in [-0.2, 0) is 6.54 Å². The normalized spacial score (nSPS) is 12.7. The van der Waals surface area contributed by atoms with E-state index in [1.165, 1.54) is 11.1 Å². The van der Waals surface area contributed by atoms with E-state index in [0.29, 0.717) is 5.92 Å². The van der Waals surface area contributed by atoms with E-state index in [4.69, 9.17) is 12.2 Å². The highest BCUT2D eigenvalue weighted by Crippen LogP contribution is 2.21. The Balaban J connectivity index is 1.98. The third-order valence-electron chi connectivity index (χ3n) is 3.51. The molecule has 19 heavy (non-hydrogen) atoms. The van der Waals surface area contributed by atoms with Gasteiger partial charge in [0.05, 0.1) is 11.0 Å². The van der Waals surface area contributed by atoms with Crippen LogP contribution < -0.4 is 0 Å². The minimum Gasteiger partial charge on any atom is -0.331 e. The van der Waals surface area contributed by atoms with Crippen LogP contribution in [-0.4, -0.2) is 9.55 Å². The van der Waals surface area contributed by atoms with E-state index in [-0.39, 0.29) is 0 Å². The SMILES string of the molecule is CC(Cn1c(=S)[nH]c2ccccc21)c1ccccc1. The smallest absolute Gasteiger partial charge is 0.178 e. The maximum atomic E-state index is 5.43. The van der Waals surface area contributed by atoms with E-state index in [0.717, 1.165) is 16.8 Å². The molecular formula is C16H16N2S. The number of benzene rings is 2. The standard InChI is InChI=1S/C16H16N2S/c1-12(13-7-3-2-4-8-13)11-18-15-10-6-5-9-14(15)17-16(18)19/h2-10,12H,11H2,1H3,(H,17,19). The molecule has 0 aliphatic rings. The van der Waals surface area contributed by atoms with Gasteiger partial charge in [0, 0.05) is 6.54 Å². The maximum Gasteiger partial charge on any atom is 0.178 e. The number of hydrogen-bond donors (Lipinski definition) is 1. The number of imidazole rings is 1. The number of aromatic nitrogens is 2. The van der Waals surface area contributed by atoms with Crippen LogP contribution in [0.25, 0.3) is 11.0 Å². The largest absolute Gasteiger partial charge is 0.331 e. The second-order valence-electron chi connectivity index (χ2n) is 4.87. The highest BCUT2D eigenvalue weighted by Gasteiger charge is 2.09. The van der Waals surface area contributed by atoms with Crippen molar-refractivity contribution in [3.63, 3.8) is 0 Å². The van der Waals surface area contributed by atoms with Crippen molar-refractivity contribution in [3.8, 4) is 0 Å². The van der Waals surface area contributed by atoms with Crippen LogP contribution in [0, 0.1) is 4.77 Å². The van der Waals surface area contributed by atoms with Crippen LogP contribution in [0.15, 0.2) is 54.6 Å². The third kappa shape index (κ3) is 2.34. The number of rotatable bonds is 3. The molecule has 0 saturated heterocycles. The predicted octanol–water partition coefficient (Wildman–Crippen LogP) is 4.50. The molecule has 2 nitrogen and oxygen atoms in total. The zero-order valence-electron chi connectivity index (χ0n) is 10.8. The second kappa shape index (κ2) is 5.02. The highest BCUT2D eigenvalue weighted by atomic mass is 32.1. The number of aromatic amines is 1. The highest BCUT2D eigenvalue weighted by molar-refractivity contribution is 7.71. The van der Waals surface area contributed by atoms with Crippen LogP contribution in [0.3, 0.4) is 0 Å². The predicted molar refractivity (Wildman–Crippen MR) is 82.0 cm³/mol. The summed E-state index contributed by atoms with van der Waals surface area (Å²) in [5.74, 6) is 0.437. The summed E-state index contributed by atoms with van der Waals surface area (Å²) in [4.78, 5) is 3.26. The van der Waals surface area contributed by atoms with Crippen LogP contribution in [0.1, 0.15) is 18.4 Å². The molecule has 2 aromatic carbocycles. The molecule has 0 amide bonds. The Morgan fingerprint density at radius 3 is 2.53 bits per heavy atom. The van der Waals surface area contributed by atoms with Gasteiger partial charge in [-0.25, -0.2) is 0 Å². The van der Waals surface area contributed by atoms with Crippen molar-refractivity contribution >= 4 is 23.3 Å². The summed E-state index contributed by atoms with van der Waals surface area (Å²) in [5, 5.41) is 0. The summed E-state index contributed by atoms with van der Waals surface area (Å²) in [7, 11) is 0. The van der Waals surface area contributed by atoms with Crippen molar-refractivity contribution in [1.29, 1.82) is 0 Å². The Bertz CT molecular complexity index is 740. The van der Waals surface area contributed by atoms with Gasteiger partial charge >= 0.3 is 0 Å². The Morgan fingerprint density at radius 2 is 1.74 bits per heavy atom. The molecule has 96 valence electrons. The van der Waals surface area contributed by atoms with Crippen molar-refractivity contribution in [2.45, 2.75) is 19.4 Å². The molecule has 1 N–H and O–H groups in total. The minimum absolute atomic E-state index is 0.437. The van der Waals surface area contributed by atoms with Gasteiger partial charge in [-0.05, 0) is 35.8 Å². The number of H-pyrrole nitrogens is 1. The molecular weight excluding hydrogens is 252 g/mol. The molecule has 1 atom stereocenters. The first-order valence-corrected chi connectivity index (χ1v) is 6.89. The first-order valence-electron chi connectivity index (χ1n) is 6.48. The molecule has 1 aromatic heterocycles. The molecule has 0 radical (unpaired) electrons. The number of fused-ring (bicyclic) bond motifs is 1. The Kier molecular flexibility index (Phi) is 3.22. The van der Waals surface area contributed by atoms with Crippen LogP contribution in [0.4, 0.5) is 0 Å². The monoisotopic (exact) mass is 268 g/mol. The summed E-state index contributed by atoms with van der Waals surface area (Å²) in [5.41, 5.74) is 3.62. The Labute approximate surface area is 117 Å². The number of para-hydroxylation sites is 2. The average molecular weight is 268 g/mol. The molecule has 0 fully saturated rings. The Morgan fingerprint density at radius 1 is 1.05 bits per heavy atom. The quantitative estimate of drug-likeness (QED) is 0.693. The van der Waals surface area contributed by atoms with E-state index < -0.39 is 0 Å². The van der Waals surface area contributed by atoms with Crippen molar-refractivity contribution in [2.75, 3.05) is 0 Å². The van der Waals surface area contributed by atoms with Gasteiger partial charge in [0.1, 0.15) is 0 Å². The molecule has 1 heterocycles. The fraction of sp³-hybridized carbons (Fsp3) is 0.188. The molecule has 0 aliphatic heterocycles. The van der Waals surface area contributed by atoms with E-state index in [1.807, 2.05) is 12.1 Å². The van der Waals surface area contributed by atoms with Crippen LogP contribution in [0.5, 0.6) is 0 Å². The van der Waals surface area contributed by atoms with Crippen LogP contribution >= 0.6 is 12.2 Å². The summed E-state index contributed by atoms with van der Waals surface area (Å²) in [6.07, 6.45) is 0. The second-order valence-corrected chi connectivity index (χ2v) is 5.26. The lowest BCUT2D eigenvalue weighted by atomic mass is 10.0. The lowest BCUT2D eigenvalue weighted by Crippen LogP contribution is -2.06. The average Bonchev–Trinajstić information content (AvgIpc) is 2.76. The van der Waals surface area contributed by atoms with Gasteiger partial charge in [-0.2, -0.15) is 0 Å². The minimum atomic E-state index is 0.437. The zero-order valence-corrected chi connectivity index (χ0v) is 11.7. The summed E-state index contributed by atoms with van der Waals surface area (Å²) < 4.78 is 2.98. The Hall–Kier alpha value is -1.87. The number of nitrogens with zero attached hydrogens (tertiary/aromatic N) is 1. The van der Waals surface area contributed by atoms with Gasteiger partial charge in [-0.1, -0.05) is 49.4 Å². The topological polar surface area (TPSA) is 20.7 Å². The van der Waals surface area contributed by atoms with Gasteiger partial charge in [-0.3, -0.25) is 0 Å². The fourth-order valence-corrected chi connectivity index (χ4v) is 2.73. The van der Waals surface area contributed by atoms with Crippen molar-refractivity contribution in [1.82, 2.24) is 9.55 Å². The van der Waals surface area contributed by atoms with Gasteiger partial charge < -0.3 is 9.55 Å². The summed E-state index contributed by atoms with van der Waals surface area (Å²) >= 11 is 5.43. The van der Waals surface area contributed by atoms with E-state index >= 15 is 0 Å². The van der Waals surface area contributed by atoms with Crippen molar-refractivity contribution < 1.29 is 0 Å².